The molecule has 3 aromatic heterocycles. The van der Waals surface area contributed by atoms with Crippen LogP contribution in [-0.2, 0) is 11.0 Å². The Bertz CT molecular complexity index is 1330. The summed E-state index contributed by atoms with van der Waals surface area (Å²) in [5.74, 6) is 0.0270. The topological polar surface area (TPSA) is 75.1 Å². The fourth-order valence-electron chi connectivity index (χ4n) is 3.57. The molecule has 34 heavy (non-hydrogen) atoms. The minimum absolute atomic E-state index is 0.0270. The average Bonchev–Trinajstić information content (AvgIpc) is 3.26. The van der Waals surface area contributed by atoms with Crippen LogP contribution in [0.2, 0.25) is 5.02 Å². The van der Waals surface area contributed by atoms with Gasteiger partial charge in [0.25, 0.3) is 0 Å². The van der Waals surface area contributed by atoms with E-state index in [1.807, 2.05) is 76.2 Å². The zero-order chi connectivity index (χ0) is 24.5. The first kappa shape index (κ1) is 24.9. The van der Waals surface area contributed by atoms with Crippen LogP contribution < -0.4 is 4.72 Å². The third-order valence-corrected chi connectivity index (χ3v) is 8.74. The molecule has 1 aromatic carbocycles. The second-order valence-electron chi connectivity index (χ2n) is 9.23. The molecule has 8 heteroatoms. The summed E-state index contributed by atoms with van der Waals surface area (Å²) in [5.41, 5.74) is 4.56. The van der Waals surface area contributed by atoms with Crippen LogP contribution in [0.3, 0.4) is 0 Å². The molecule has 178 valence electrons. The van der Waals surface area contributed by atoms with Crippen LogP contribution in [0.4, 0.5) is 0 Å². The molecule has 0 saturated heterocycles. The van der Waals surface area contributed by atoms with Gasteiger partial charge in [-0.3, -0.25) is 9.97 Å². The van der Waals surface area contributed by atoms with Gasteiger partial charge in [0, 0.05) is 40.4 Å². The van der Waals surface area contributed by atoms with Crippen molar-refractivity contribution in [2.45, 2.75) is 44.4 Å². The third kappa shape index (κ3) is 5.24. The molecule has 2 N–H and O–H groups in total. The molecular weight excluding hydrogens is 486 g/mol. The zero-order valence-electron chi connectivity index (χ0n) is 19.6. The normalized spacial score (nSPS) is 14.8. The quantitative estimate of drug-likeness (QED) is 0.306. The molecule has 0 spiro atoms. The number of nitrogens with one attached hydrogen (secondary N) is 1. The number of benzene rings is 1. The van der Waals surface area contributed by atoms with Crippen LogP contribution >= 0.6 is 22.9 Å². The van der Waals surface area contributed by atoms with Crippen molar-refractivity contribution in [2.75, 3.05) is 6.61 Å². The van der Waals surface area contributed by atoms with Crippen molar-refractivity contribution in [2.24, 2.45) is 0 Å². The van der Waals surface area contributed by atoms with Crippen LogP contribution in [0, 0.1) is 0 Å². The van der Waals surface area contributed by atoms with Gasteiger partial charge in [-0.25, -0.2) is 8.93 Å². The highest BCUT2D eigenvalue weighted by Gasteiger charge is 2.27. The van der Waals surface area contributed by atoms with E-state index >= 15 is 0 Å². The van der Waals surface area contributed by atoms with Crippen LogP contribution in [0.15, 0.2) is 60.9 Å². The maximum atomic E-state index is 13.1. The molecule has 0 aliphatic heterocycles. The number of pyridine rings is 2. The number of fused-ring (bicyclic) bond motifs is 1. The summed E-state index contributed by atoms with van der Waals surface area (Å²) in [7, 11) is -1.31. The van der Waals surface area contributed by atoms with Gasteiger partial charge in [-0.2, -0.15) is 0 Å². The van der Waals surface area contributed by atoms with Gasteiger partial charge in [0.2, 0.25) is 0 Å². The number of aliphatic hydroxyl groups is 1. The minimum atomic E-state index is -1.31. The summed E-state index contributed by atoms with van der Waals surface area (Å²) >= 11 is 8.17. The van der Waals surface area contributed by atoms with Crippen molar-refractivity contribution in [3.63, 3.8) is 0 Å². The third-order valence-electron chi connectivity index (χ3n) is 5.62. The van der Waals surface area contributed by atoms with Gasteiger partial charge in [-0.15, -0.1) is 11.3 Å². The molecule has 0 aliphatic carbocycles. The number of rotatable bonds is 7. The second-order valence-corrected chi connectivity index (χ2v) is 12.7. The molecule has 0 saturated carbocycles. The molecule has 4 rings (SSSR count). The fraction of sp³-hybridized carbons (Fsp3) is 0.308. The summed E-state index contributed by atoms with van der Waals surface area (Å²) in [5, 5.41) is 10.2. The lowest BCUT2D eigenvalue weighted by molar-refractivity contribution is 0.273. The Kier molecular flexibility index (Phi) is 7.50. The van der Waals surface area contributed by atoms with E-state index in [-0.39, 0.29) is 18.6 Å². The average molecular weight is 514 g/mol. The maximum absolute atomic E-state index is 13.1. The van der Waals surface area contributed by atoms with Crippen molar-refractivity contribution in [3.8, 4) is 11.3 Å². The van der Waals surface area contributed by atoms with E-state index in [0.717, 1.165) is 37.5 Å². The van der Waals surface area contributed by atoms with Crippen LogP contribution in [0.5, 0.6) is 0 Å². The van der Waals surface area contributed by atoms with E-state index in [2.05, 4.69) is 14.7 Å². The predicted molar refractivity (Wildman–Crippen MR) is 143 cm³/mol. The van der Waals surface area contributed by atoms with Crippen molar-refractivity contribution in [1.82, 2.24) is 14.7 Å². The molecule has 0 aliphatic rings. The van der Waals surface area contributed by atoms with Gasteiger partial charge in [-0.05, 0) is 62.2 Å². The molecule has 4 aromatic rings. The van der Waals surface area contributed by atoms with Gasteiger partial charge in [0.15, 0.2) is 0 Å². The first-order chi connectivity index (χ1) is 16.2. The lowest BCUT2D eigenvalue weighted by Gasteiger charge is -2.24. The van der Waals surface area contributed by atoms with Gasteiger partial charge in [0.05, 0.1) is 37.7 Å². The molecule has 5 nitrogen and oxygen atoms in total. The van der Waals surface area contributed by atoms with Crippen LogP contribution in [0.1, 0.15) is 55.7 Å². The van der Waals surface area contributed by atoms with Gasteiger partial charge in [0.1, 0.15) is 0 Å². The van der Waals surface area contributed by atoms with E-state index in [0.29, 0.717) is 5.02 Å². The van der Waals surface area contributed by atoms with Crippen molar-refractivity contribution >= 4 is 44.1 Å². The monoisotopic (exact) mass is 513 g/mol. The molecule has 3 atom stereocenters. The Hall–Kier alpha value is -2.16. The van der Waals surface area contributed by atoms with Crippen molar-refractivity contribution < 1.29 is 9.32 Å². The zero-order valence-corrected chi connectivity index (χ0v) is 22.0. The Morgan fingerprint density at radius 3 is 2.56 bits per heavy atom. The predicted octanol–water partition coefficient (Wildman–Crippen LogP) is 6.25. The highest BCUT2D eigenvalue weighted by Crippen LogP contribution is 2.39. The lowest BCUT2D eigenvalue weighted by atomic mass is 10.0. The summed E-state index contributed by atoms with van der Waals surface area (Å²) in [6, 6.07) is 15.2. The van der Waals surface area contributed by atoms with Crippen molar-refractivity contribution in [1.29, 1.82) is 0 Å². The standard InChI is InChI=1S/C26H28ClN3O2S2/c1-16(15-31)17-9-11-28-21(13-17)19-10-12-29-22-14-23(33-25(19)22)24(30-34(32)26(2,3)4)18-7-5-6-8-20(18)27/h5-14,16,24,30-31H,15H2,1-4H3. The smallest absolute Gasteiger partial charge is 0.0979 e. The minimum Gasteiger partial charge on any atom is -0.396 e. The summed E-state index contributed by atoms with van der Waals surface area (Å²) in [6.07, 6.45) is 3.56. The number of nitrogens with zero attached hydrogens (tertiary/aromatic N) is 2. The highest BCUT2D eigenvalue weighted by atomic mass is 35.5. The molecule has 0 bridgehead atoms. The molecule has 0 fully saturated rings. The second kappa shape index (κ2) is 10.2. The number of aromatic nitrogens is 2. The van der Waals surface area contributed by atoms with Gasteiger partial charge in [-0.1, -0.05) is 36.7 Å². The van der Waals surface area contributed by atoms with E-state index in [1.165, 1.54) is 0 Å². The molecule has 3 heterocycles. The molecule has 0 amide bonds. The van der Waals surface area contributed by atoms with E-state index in [9.17, 15) is 9.32 Å². The SMILES string of the molecule is CC(CO)c1ccnc(-c2ccnc3cc(C(NS(=O)C(C)(C)C)c4ccccc4Cl)sc23)c1. The van der Waals surface area contributed by atoms with E-state index in [1.54, 1.807) is 23.7 Å². The number of aliphatic hydroxyl groups excluding tert-OH is 1. The number of hydrogen-bond acceptors (Lipinski definition) is 5. The Labute approximate surface area is 211 Å². The summed E-state index contributed by atoms with van der Waals surface area (Å²) < 4.78 is 17.0. The number of halogens is 1. The van der Waals surface area contributed by atoms with E-state index < -0.39 is 15.7 Å². The molecule has 3 unspecified atom stereocenters. The summed E-state index contributed by atoms with van der Waals surface area (Å²) in [4.78, 5) is 10.2. The largest absolute Gasteiger partial charge is 0.396 e. The van der Waals surface area contributed by atoms with Crippen LogP contribution in [-0.4, -0.2) is 30.6 Å². The van der Waals surface area contributed by atoms with Crippen molar-refractivity contribution in [3.05, 3.63) is 82.0 Å². The van der Waals surface area contributed by atoms with Gasteiger partial charge >= 0.3 is 0 Å². The molecule has 0 radical (unpaired) electrons. The Morgan fingerprint density at radius 1 is 1.12 bits per heavy atom. The first-order valence-electron chi connectivity index (χ1n) is 11.1. The first-order valence-corrected chi connectivity index (χ1v) is 13.4. The van der Waals surface area contributed by atoms with Gasteiger partial charge < -0.3 is 5.11 Å². The van der Waals surface area contributed by atoms with Crippen LogP contribution in [0.25, 0.3) is 21.5 Å². The fourth-order valence-corrected chi connectivity index (χ4v) is 5.92. The lowest BCUT2D eigenvalue weighted by Crippen LogP contribution is -2.36. The highest BCUT2D eigenvalue weighted by molar-refractivity contribution is 7.84. The maximum Gasteiger partial charge on any atom is 0.0979 e. The Morgan fingerprint density at radius 2 is 1.85 bits per heavy atom. The number of thiophene rings is 1. The number of hydrogen-bond donors (Lipinski definition) is 2. The Balaban J connectivity index is 1.83. The summed E-state index contributed by atoms with van der Waals surface area (Å²) in [6.45, 7) is 7.89. The van der Waals surface area contributed by atoms with E-state index in [4.69, 9.17) is 11.6 Å². The molecular formula is C26H28ClN3O2S2.